The molecule has 448 valence electrons. The second kappa shape index (κ2) is 66.1. The standard InChI is InChI=1S/C73H120O6/c1-4-7-10-13-15-17-19-21-23-25-27-29-31-32-33-34-35-36-37-38-39-40-42-43-45-47-49-51-53-55-57-60-63-66-72(75)78-69-70(68-77-71(74)65-62-59-12-9-6-3)79-73(76)67-64-61-58-56-54-52-50-48-46-44-41-30-28-26-24-22-20-18-16-14-11-8-5-2/h7,10,15,17,20-23,26-29,32-33,35-36,38-39,41-44,70H,4-6,8-9,11-14,16,18-19,24-25,30-31,34,37,40,45-69H2,1-3H3/b10-7-,17-15-,22-20-,23-21-,28-26-,29-27-,33-32-,36-35-,39-38-,43-42-,44-41-. The average molecular weight is 1090 g/mol. The van der Waals surface area contributed by atoms with Crippen molar-refractivity contribution in [2.24, 2.45) is 0 Å². The Morgan fingerprint density at radius 3 is 0.772 bits per heavy atom. The van der Waals surface area contributed by atoms with Crippen LogP contribution in [0.1, 0.15) is 290 Å². The SMILES string of the molecule is CC/C=C\C/C=C\C/C=C\C/C=C\C/C=C\C/C=C\C/C=C\C/C=C\CCCCCCCCCCC(=O)OCC(COC(=O)CCCCCCC)OC(=O)CCCCCCCCCC/C=C\C/C=C\C/C=C\CCCCCCC. The Morgan fingerprint density at radius 2 is 0.494 bits per heavy atom. The fourth-order valence-electron chi connectivity index (χ4n) is 8.76. The van der Waals surface area contributed by atoms with Crippen molar-refractivity contribution < 1.29 is 28.6 Å². The number of hydrogen-bond donors (Lipinski definition) is 0. The first-order valence-electron chi connectivity index (χ1n) is 32.7. The first-order valence-corrected chi connectivity index (χ1v) is 32.7. The molecule has 0 saturated carbocycles. The highest BCUT2D eigenvalue weighted by atomic mass is 16.6. The van der Waals surface area contributed by atoms with E-state index >= 15 is 0 Å². The number of rotatable bonds is 58. The number of carbonyl (C=O) groups excluding carboxylic acids is 3. The molecular formula is C73H120O6. The minimum absolute atomic E-state index is 0.0865. The van der Waals surface area contributed by atoms with Crippen LogP contribution in [-0.4, -0.2) is 37.2 Å². The van der Waals surface area contributed by atoms with Gasteiger partial charge in [0.05, 0.1) is 0 Å². The van der Waals surface area contributed by atoms with Crippen LogP contribution >= 0.6 is 0 Å². The Morgan fingerprint density at radius 1 is 0.266 bits per heavy atom. The molecule has 0 radical (unpaired) electrons. The number of esters is 3. The van der Waals surface area contributed by atoms with Crippen LogP contribution in [0.2, 0.25) is 0 Å². The van der Waals surface area contributed by atoms with E-state index in [0.717, 1.165) is 141 Å². The lowest BCUT2D eigenvalue weighted by Crippen LogP contribution is -2.30. The molecule has 0 aromatic carbocycles. The van der Waals surface area contributed by atoms with Gasteiger partial charge in [0, 0.05) is 19.3 Å². The Balaban J connectivity index is 4.10. The molecule has 0 aliphatic heterocycles. The summed E-state index contributed by atoms with van der Waals surface area (Å²) in [4.78, 5) is 37.9. The van der Waals surface area contributed by atoms with Crippen LogP contribution in [0.25, 0.3) is 0 Å². The maximum Gasteiger partial charge on any atom is 0.306 e. The highest BCUT2D eigenvalue weighted by Gasteiger charge is 2.19. The largest absolute Gasteiger partial charge is 0.462 e. The van der Waals surface area contributed by atoms with Gasteiger partial charge in [0.1, 0.15) is 13.2 Å². The van der Waals surface area contributed by atoms with E-state index in [1.165, 1.54) is 109 Å². The van der Waals surface area contributed by atoms with Crippen LogP contribution in [-0.2, 0) is 28.6 Å². The van der Waals surface area contributed by atoms with Gasteiger partial charge >= 0.3 is 17.9 Å². The molecule has 0 heterocycles. The van der Waals surface area contributed by atoms with Gasteiger partial charge < -0.3 is 14.2 Å². The summed E-state index contributed by atoms with van der Waals surface area (Å²) in [6.07, 6.45) is 93.6. The number of allylic oxidation sites excluding steroid dienone is 22. The van der Waals surface area contributed by atoms with E-state index in [9.17, 15) is 14.4 Å². The van der Waals surface area contributed by atoms with Gasteiger partial charge in [-0.05, 0) is 122 Å². The van der Waals surface area contributed by atoms with Gasteiger partial charge in [0.25, 0.3) is 0 Å². The summed E-state index contributed by atoms with van der Waals surface area (Å²) in [5.74, 6) is -0.915. The maximum absolute atomic E-state index is 12.8. The molecule has 0 aliphatic rings. The maximum atomic E-state index is 12.8. The molecule has 1 atom stereocenters. The lowest BCUT2D eigenvalue weighted by Gasteiger charge is -2.18. The van der Waals surface area contributed by atoms with Crippen LogP contribution < -0.4 is 0 Å². The van der Waals surface area contributed by atoms with Gasteiger partial charge in [-0.2, -0.15) is 0 Å². The van der Waals surface area contributed by atoms with E-state index in [4.69, 9.17) is 14.2 Å². The Kier molecular flexibility index (Phi) is 62.3. The van der Waals surface area contributed by atoms with Gasteiger partial charge in [-0.1, -0.05) is 283 Å². The zero-order valence-corrected chi connectivity index (χ0v) is 51.3. The topological polar surface area (TPSA) is 78.9 Å². The minimum atomic E-state index is -0.786. The highest BCUT2D eigenvalue weighted by Crippen LogP contribution is 2.15. The molecule has 0 amide bonds. The van der Waals surface area contributed by atoms with E-state index in [-0.39, 0.29) is 31.1 Å². The normalized spacial score (nSPS) is 13.0. The van der Waals surface area contributed by atoms with Crippen LogP contribution in [0, 0.1) is 0 Å². The Hall–Kier alpha value is -4.45. The third-order valence-corrected chi connectivity index (χ3v) is 13.6. The van der Waals surface area contributed by atoms with Crippen molar-refractivity contribution in [1.29, 1.82) is 0 Å². The summed E-state index contributed by atoms with van der Waals surface area (Å²) < 4.78 is 16.8. The number of carbonyl (C=O) groups is 3. The molecule has 0 aliphatic carbocycles. The molecule has 0 N–H and O–H groups in total. The zero-order valence-electron chi connectivity index (χ0n) is 51.3. The molecule has 0 saturated heterocycles. The average Bonchev–Trinajstić information content (AvgIpc) is 3.45. The second-order valence-electron chi connectivity index (χ2n) is 21.3. The summed E-state index contributed by atoms with van der Waals surface area (Å²) >= 11 is 0. The van der Waals surface area contributed by atoms with Crippen molar-refractivity contribution in [1.82, 2.24) is 0 Å². The summed E-state index contributed by atoms with van der Waals surface area (Å²) in [7, 11) is 0. The van der Waals surface area contributed by atoms with Crippen molar-refractivity contribution in [3.05, 3.63) is 134 Å². The molecular weight excluding hydrogens is 973 g/mol. The van der Waals surface area contributed by atoms with Gasteiger partial charge in [0.2, 0.25) is 0 Å². The Labute approximate surface area is 487 Å². The van der Waals surface area contributed by atoms with Crippen molar-refractivity contribution in [2.45, 2.75) is 297 Å². The van der Waals surface area contributed by atoms with E-state index in [1.807, 2.05) is 0 Å². The molecule has 79 heavy (non-hydrogen) atoms. The predicted octanol–water partition coefficient (Wildman–Crippen LogP) is 22.5. The minimum Gasteiger partial charge on any atom is -0.462 e. The van der Waals surface area contributed by atoms with Crippen LogP contribution in [0.15, 0.2) is 134 Å². The van der Waals surface area contributed by atoms with E-state index in [1.54, 1.807) is 0 Å². The highest BCUT2D eigenvalue weighted by molar-refractivity contribution is 5.71. The van der Waals surface area contributed by atoms with Crippen molar-refractivity contribution in [3.8, 4) is 0 Å². The molecule has 0 bridgehead atoms. The fraction of sp³-hybridized carbons (Fsp3) is 0.658. The third kappa shape index (κ3) is 64.3. The summed E-state index contributed by atoms with van der Waals surface area (Å²) in [6, 6.07) is 0. The smallest absolute Gasteiger partial charge is 0.306 e. The lowest BCUT2D eigenvalue weighted by molar-refractivity contribution is -0.167. The van der Waals surface area contributed by atoms with Gasteiger partial charge in [0.15, 0.2) is 6.10 Å². The van der Waals surface area contributed by atoms with Crippen LogP contribution in [0.4, 0.5) is 0 Å². The van der Waals surface area contributed by atoms with Crippen molar-refractivity contribution in [2.75, 3.05) is 13.2 Å². The van der Waals surface area contributed by atoms with Gasteiger partial charge in [-0.15, -0.1) is 0 Å². The Bertz CT molecular complexity index is 1680. The quantitative estimate of drug-likeness (QED) is 0.0261. The van der Waals surface area contributed by atoms with E-state index in [2.05, 4.69) is 154 Å². The lowest BCUT2D eigenvalue weighted by atomic mass is 10.1. The number of hydrogen-bond acceptors (Lipinski definition) is 6. The molecule has 0 aromatic rings. The van der Waals surface area contributed by atoms with Crippen molar-refractivity contribution in [3.63, 3.8) is 0 Å². The number of ether oxygens (including phenoxy) is 3. The van der Waals surface area contributed by atoms with Gasteiger partial charge in [-0.3, -0.25) is 14.4 Å². The third-order valence-electron chi connectivity index (χ3n) is 13.6. The molecule has 6 nitrogen and oxygen atoms in total. The summed E-state index contributed by atoms with van der Waals surface area (Å²) in [5.41, 5.74) is 0. The monoisotopic (exact) mass is 1090 g/mol. The first kappa shape index (κ1) is 74.5. The molecule has 0 fully saturated rings. The van der Waals surface area contributed by atoms with E-state index < -0.39 is 6.10 Å². The molecule has 0 rings (SSSR count). The van der Waals surface area contributed by atoms with Crippen LogP contribution in [0.5, 0.6) is 0 Å². The molecule has 0 aromatic heterocycles. The van der Waals surface area contributed by atoms with Gasteiger partial charge in [-0.25, -0.2) is 0 Å². The fourth-order valence-corrected chi connectivity index (χ4v) is 8.76. The van der Waals surface area contributed by atoms with E-state index in [0.29, 0.717) is 19.3 Å². The molecule has 0 spiro atoms. The zero-order chi connectivity index (χ0) is 57.1. The first-order chi connectivity index (χ1) is 39.0. The number of unbranched alkanes of at least 4 members (excludes halogenated alkanes) is 25. The summed E-state index contributed by atoms with van der Waals surface area (Å²) in [6.45, 7) is 6.42. The van der Waals surface area contributed by atoms with Crippen LogP contribution in [0.3, 0.4) is 0 Å². The van der Waals surface area contributed by atoms with Crippen molar-refractivity contribution >= 4 is 17.9 Å². The molecule has 1 unspecified atom stereocenters. The summed E-state index contributed by atoms with van der Waals surface area (Å²) in [5, 5.41) is 0. The predicted molar refractivity (Wildman–Crippen MR) is 343 cm³/mol. The molecule has 6 heteroatoms. The second-order valence-corrected chi connectivity index (χ2v) is 21.3.